The number of anilines is 1. The third-order valence-electron chi connectivity index (χ3n) is 2.68. The summed E-state index contributed by atoms with van der Waals surface area (Å²) in [6, 6.07) is 4.65. The van der Waals surface area contributed by atoms with Crippen LogP contribution in [0.5, 0.6) is 0 Å². The molecule has 0 saturated carbocycles. The summed E-state index contributed by atoms with van der Waals surface area (Å²) in [5.74, 6) is 0. The zero-order valence-electron chi connectivity index (χ0n) is 10.5. The van der Waals surface area contributed by atoms with E-state index in [0.717, 1.165) is 12.0 Å². The molecule has 4 N–H and O–H groups in total. The van der Waals surface area contributed by atoms with Gasteiger partial charge in [-0.3, -0.25) is 0 Å². The van der Waals surface area contributed by atoms with Crippen LogP contribution in [0.3, 0.4) is 0 Å². The van der Waals surface area contributed by atoms with Crippen molar-refractivity contribution < 1.29 is 13.5 Å². The van der Waals surface area contributed by atoms with Gasteiger partial charge in [0.2, 0.25) is 10.0 Å². The number of aliphatic hydroxyl groups excluding tert-OH is 1. The van der Waals surface area contributed by atoms with Crippen molar-refractivity contribution >= 4 is 15.7 Å². The Labute approximate surface area is 108 Å². The molecule has 1 aromatic rings. The lowest BCUT2D eigenvalue weighted by Gasteiger charge is -2.08. The molecule has 0 aliphatic heterocycles. The van der Waals surface area contributed by atoms with E-state index in [0.29, 0.717) is 25.1 Å². The first-order valence-corrected chi connectivity index (χ1v) is 7.42. The van der Waals surface area contributed by atoms with Crippen LogP contribution in [0, 0.1) is 6.92 Å². The number of hydrogen-bond donors (Lipinski definition) is 3. The molecule has 18 heavy (non-hydrogen) atoms. The van der Waals surface area contributed by atoms with E-state index >= 15 is 0 Å². The maximum atomic E-state index is 11.9. The SMILES string of the molecule is Cc1cc(S(=O)(=O)NCCCCCO)ccc1N. The van der Waals surface area contributed by atoms with Gasteiger partial charge in [0.05, 0.1) is 4.90 Å². The van der Waals surface area contributed by atoms with Crippen LogP contribution in [0.2, 0.25) is 0 Å². The monoisotopic (exact) mass is 272 g/mol. The van der Waals surface area contributed by atoms with Gasteiger partial charge in [0.1, 0.15) is 0 Å². The summed E-state index contributed by atoms with van der Waals surface area (Å²) >= 11 is 0. The maximum Gasteiger partial charge on any atom is 0.240 e. The van der Waals surface area contributed by atoms with Gasteiger partial charge in [0.25, 0.3) is 0 Å². The second-order valence-electron chi connectivity index (χ2n) is 4.20. The average molecular weight is 272 g/mol. The van der Waals surface area contributed by atoms with Crippen molar-refractivity contribution in [2.24, 2.45) is 0 Å². The number of nitrogens with two attached hydrogens (primary N) is 1. The minimum atomic E-state index is -3.45. The first kappa shape index (κ1) is 14.9. The van der Waals surface area contributed by atoms with Crippen LogP contribution in [0.4, 0.5) is 5.69 Å². The van der Waals surface area contributed by atoms with Gasteiger partial charge in [-0.15, -0.1) is 0 Å². The number of nitrogen functional groups attached to an aromatic ring is 1. The van der Waals surface area contributed by atoms with E-state index in [2.05, 4.69) is 4.72 Å². The van der Waals surface area contributed by atoms with Gasteiger partial charge in [-0.1, -0.05) is 0 Å². The number of sulfonamides is 1. The van der Waals surface area contributed by atoms with Gasteiger partial charge in [0.15, 0.2) is 0 Å². The number of hydrogen-bond acceptors (Lipinski definition) is 4. The molecule has 0 amide bonds. The largest absolute Gasteiger partial charge is 0.399 e. The Morgan fingerprint density at radius 3 is 2.61 bits per heavy atom. The molecular formula is C12H20N2O3S. The lowest BCUT2D eigenvalue weighted by atomic mass is 10.2. The van der Waals surface area contributed by atoms with Crippen LogP contribution in [0.15, 0.2) is 23.1 Å². The zero-order valence-corrected chi connectivity index (χ0v) is 11.3. The molecule has 0 fully saturated rings. The van der Waals surface area contributed by atoms with Crippen molar-refractivity contribution in [1.29, 1.82) is 0 Å². The highest BCUT2D eigenvalue weighted by Crippen LogP contribution is 2.16. The lowest BCUT2D eigenvalue weighted by Crippen LogP contribution is -2.25. The fraction of sp³-hybridized carbons (Fsp3) is 0.500. The standard InChI is InChI=1S/C12H20N2O3S/c1-10-9-11(5-6-12(10)13)18(16,17)14-7-3-2-4-8-15/h5-6,9,14-15H,2-4,7-8,13H2,1H3. The Hall–Kier alpha value is -1.11. The number of unbranched alkanes of at least 4 members (excludes halogenated alkanes) is 2. The summed E-state index contributed by atoms with van der Waals surface area (Å²) in [6.45, 7) is 2.30. The molecule has 0 unspecified atom stereocenters. The number of rotatable bonds is 7. The van der Waals surface area contributed by atoms with Gasteiger partial charge in [-0.05, 0) is 49.9 Å². The van der Waals surface area contributed by atoms with E-state index in [1.807, 2.05) is 0 Å². The van der Waals surface area contributed by atoms with Gasteiger partial charge >= 0.3 is 0 Å². The minimum Gasteiger partial charge on any atom is -0.399 e. The van der Waals surface area contributed by atoms with Crippen LogP contribution >= 0.6 is 0 Å². The van der Waals surface area contributed by atoms with Crippen LogP contribution < -0.4 is 10.5 Å². The third kappa shape index (κ3) is 4.29. The Balaban J connectivity index is 2.60. The zero-order chi connectivity index (χ0) is 13.6. The average Bonchev–Trinajstić information content (AvgIpc) is 2.32. The minimum absolute atomic E-state index is 0.143. The Morgan fingerprint density at radius 2 is 2.00 bits per heavy atom. The molecule has 1 aromatic carbocycles. The van der Waals surface area contributed by atoms with E-state index in [1.165, 1.54) is 6.07 Å². The van der Waals surface area contributed by atoms with Crippen molar-refractivity contribution in [2.75, 3.05) is 18.9 Å². The van der Waals surface area contributed by atoms with E-state index in [1.54, 1.807) is 19.1 Å². The molecular weight excluding hydrogens is 252 g/mol. The normalized spacial score (nSPS) is 11.7. The maximum absolute atomic E-state index is 11.9. The Bertz CT molecular complexity index is 486. The van der Waals surface area contributed by atoms with Crippen LogP contribution in [0.1, 0.15) is 24.8 Å². The number of nitrogens with one attached hydrogen (secondary N) is 1. The third-order valence-corrected chi connectivity index (χ3v) is 4.14. The van der Waals surface area contributed by atoms with Crippen molar-refractivity contribution in [3.63, 3.8) is 0 Å². The number of aliphatic hydroxyl groups is 1. The molecule has 0 saturated heterocycles. The molecule has 0 aliphatic carbocycles. The molecule has 102 valence electrons. The molecule has 0 aromatic heterocycles. The first-order valence-electron chi connectivity index (χ1n) is 5.94. The van der Waals surface area contributed by atoms with Crippen LogP contribution in [0.25, 0.3) is 0 Å². The molecule has 0 bridgehead atoms. The van der Waals surface area contributed by atoms with Crippen LogP contribution in [-0.2, 0) is 10.0 Å². The second-order valence-corrected chi connectivity index (χ2v) is 5.97. The van der Waals surface area contributed by atoms with E-state index in [4.69, 9.17) is 10.8 Å². The summed E-state index contributed by atoms with van der Waals surface area (Å²) in [4.78, 5) is 0.233. The van der Waals surface area contributed by atoms with Crippen molar-refractivity contribution in [2.45, 2.75) is 31.1 Å². The molecule has 0 radical (unpaired) electrons. The van der Waals surface area contributed by atoms with E-state index in [-0.39, 0.29) is 11.5 Å². The van der Waals surface area contributed by atoms with Crippen LogP contribution in [-0.4, -0.2) is 26.7 Å². The highest BCUT2D eigenvalue weighted by Gasteiger charge is 2.13. The van der Waals surface area contributed by atoms with E-state index < -0.39 is 10.0 Å². The summed E-state index contributed by atoms with van der Waals surface area (Å²) < 4.78 is 26.4. The molecule has 0 aliphatic rings. The molecule has 1 rings (SSSR count). The summed E-state index contributed by atoms with van der Waals surface area (Å²) in [5.41, 5.74) is 6.98. The first-order chi connectivity index (χ1) is 8.47. The summed E-state index contributed by atoms with van der Waals surface area (Å²) in [6.07, 6.45) is 2.22. The van der Waals surface area contributed by atoms with E-state index in [9.17, 15) is 8.42 Å². The van der Waals surface area contributed by atoms with Crippen molar-refractivity contribution in [3.05, 3.63) is 23.8 Å². The molecule has 5 nitrogen and oxygen atoms in total. The highest BCUT2D eigenvalue weighted by molar-refractivity contribution is 7.89. The van der Waals surface area contributed by atoms with Gasteiger partial charge in [0, 0.05) is 18.8 Å². The Morgan fingerprint density at radius 1 is 1.28 bits per heavy atom. The number of benzene rings is 1. The molecule has 0 atom stereocenters. The topological polar surface area (TPSA) is 92.4 Å². The molecule has 6 heteroatoms. The quantitative estimate of drug-likeness (QED) is 0.510. The predicted molar refractivity (Wildman–Crippen MR) is 71.7 cm³/mol. The summed E-state index contributed by atoms with van der Waals surface area (Å²) in [7, 11) is -3.45. The molecule has 0 spiro atoms. The van der Waals surface area contributed by atoms with Gasteiger partial charge in [-0.2, -0.15) is 0 Å². The smallest absolute Gasteiger partial charge is 0.240 e. The van der Waals surface area contributed by atoms with Gasteiger partial charge in [-0.25, -0.2) is 13.1 Å². The number of aryl methyl sites for hydroxylation is 1. The summed E-state index contributed by atoms with van der Waals surface area (Å²) in [5, 5.41) is 8.61. The molecule has 0 heterocycles. The van der Waals surface area contributed by atoms with Crippen molar-refractivity contribution in [1.82, 2.24) is 4.72 Å². The fourth-order valence-corrected chi connectivity index (χ4v) is 2.68. The highest BCUT2D eigenvalue weighted by atomic mass is 32.2. The second kappa shape index (κ2) is 6.72. The van der Waals surface area contributed by atoms with Gasteiger partial charge < -0.3 is 10.8 Å². The Kier molecular flexibility index (Phi) is 5.58. The predicted octanol–water partition coefficient (Wildman–Crippen LogP) is 1.02. The lowest BCUT2D eigenvalue weighted by molar-refractivity contribution is 0.283. The van der Waals surface area contributed by atoms with Crippen molar-refractivity contribution in [3.8, 4) is 0 Å². The fourth-order valence-electron chi connectivity index (χ4n) is 1.52.